The van der Waals surface area contributed by atoms with E-state index in [4.69, 9.17) is 16.3 Å². The molecular formula is C19H16ClN5O2S. The van der Waals surface area contributed by atoms with Crippen LogP contribution >= 0.6 is 22.9 Å². The number of thiophene rings is 1. The minimum absolute atomic E-state index is 0.448. The zero-order valence-corrected chi connectivity index (χ0v) is 16.2. The van der Waals surface area contributed by atoms with Crippen molar-refractivity contribution in [2.75, 3.05) is 11.9 Å². The van der Waals surface area contributed by atoms with Crippen LogP contribution in [-0.2, 0) is 6.42 Å². The van der Waals surface area contributed by atoms with Gasteiger partial charge in [0, 0.05) is 17.8 Å². The Morgan fingerprint density at radius 2 is 2.18 bits per heavy atom. The first-order valence-corrected chi connectivity index (χ1v) is 9.77. The number of hydrogen-bond donors (Lipinski definition) is 3. The number of anilines is 2. The summed E-state index contributed by atoms with van der Waals surface area (Å²) < 4.78 is 5.44. The van der Waals surface area contributed by atoms with Crippen LogP contribution in [0.2, 0.25) is 5.02 Å². The van der Waals surface area contributed by atoms with Gasteiger partial charge >= 0.3 is 6.09 Å². The lowest BCUT2D eigenvalue weighted by Gasteiger charge is -2.09. The largest absolute Gasteiger partial charge is 0.413 e. The minimum atomic E-state index is -0.512. The van der Waals surface area contributed by atoms with E-state index in [0.717, 1.165) is 16.6 Å². The number of aromatic nitrogens is 3. The summed E-state index contributed by atoms with van der Waals surface area (Å²) in [4.78, 5) is 23.6. The minimum Gasteiger partial charge on any atom is -0.397 e. The zero-order chi connectivity index (χ0) is 19.3. The van der Waals surface area contributed by atoms with Crippen molar-refractivity contribution in [1.82, 2.24) is 20.3 Å². The molecule has 1 amide bonds. The van der Waals surface area contributed by atoms with E-state index < -0.39 is 6.09 Å². The molecular weight excluding hydrogens is 398 g/mol. The molecule has 1 aromatic carbocycles. The summed E-state index contributed by atoms with van der Waals surface area (Å²) in [5.74, 6) is 0.635. The lowest BCUT2D eigenvalue weighted by atomic mass is 10.1. The van der Waals surface area contributed by atoms with Crippen LogP contribution in [0.15, 0.2) is 54.3 Å². The van der Waals surface area contributed by atoms with Gasteiger partial charge in [0.2, 0.25) is 5.06 Å². The quantitative estimate of drug-likeness (QED) is 0.424. The smallest absolute Gasteiger partial charge is 0.397 e. The number of aromatic amines is 1. The summed E-state index contributed by atoms with van der Waals surface area (Å²) >= 11 is 7.29. The molecule has 7 nitrogen and oxygen atoms in total. The van der Waals surface area contributed by atoms with Gasteiger partial charge in [-0.1, -0.05) is 23.7 Å². The molecule has 0 atom stereocenters. The first-order chi connectivity index (χ1) is 13.7. The molecule has 0 saturated heterocycles. The van der Waals surface area contributed by atoms with Crippen LogP contribution in [0.25, 0.3) is 11.0 Å². The van der Waals surface area contributed by atoms with Crippen LogP contribution in [0.3, 0.4) is 0 Å². The Balaban J connectivity index is 1.36. The topological polar surface area (TPSA) is 91.9 Å². The fraction of sp³-hybridized carbons (Fsp3) is 0.105. The number of halogens is 1. The number of nitrogens with one attached hydrogen (secondary N) is 3. The van der Waals surface area contributed by atoms with E-state index >= 15 is 0 Å². The SMILES string of the molecule is O=C(NCCc1cccc(Cl)c1)Oc1sccc1Nc1ncnc2[nH]ccc12. The summed E-state index contributed by atoms with van der Waals surface area (Å²) in [7, 11) is 0. The molecule has 0 aliphatic carbocycles. The van der Waals surface area contributed by atoms with Crippen molar-refractivity contribution >= 4 is 51.6 Å². The van der Waals surface area contributed by atoms with E-state index in [1.165, 1.54) is 17.7 Å². The highest BCUT2D eigenvalue weighted by Gasteiger charge is 2.13. The maximum Gasteiger partial charge on any atom is 0.413 e. The lowest BCUT2D eigenvalue weighted by molar-refractivity contribution is 0.202. The number of amides is 1. The first-order valence-electron chi connectivity index (χ1n) is 8.52. The second-order valence-electron chi connectivity index (χ2n) is 5.91. The summed E-state index contributed by atoms with van der Waals surface area (Å²) in [5.41, 5.74) is 2.44. The third-order valence-electron chi connectivity index (χ3n) is 3.99. The number of carbonyl (C=O) groups excluding carboxylic acids is 1. The van der Waals surface area contributed by atoms with E-state index in [0.29, 0.717) is 34.6 Å². The molecule has 9 heteroatoms. The van der Waals surface area contributed by atoms with Crippen LogP contribution in [0.1, 0.15) is 5.56 Å². The predicted molar refractivity (Wildman–Crippen MR) is 111 cm³/mol. The summed E-state index contributed by atoms with van der Waals surface area (Å²) in [5, 5.41) is 9.77. The Labute approximate surface area is 169 Å². The van der Waals surface area contributed by atoms with E-state index in [-0.39, 0.29) is 0 Å². The van der Waals surface area contributed by atoms with Crippen LogP contribution in [0.4, 0.5) is 16.3 Å². The van der Waals surface area contributed by atoms with Crippen molar-refractivity contribution < 1.29 is 9.53 Å². The molecule has 0 aliphatic rings. The molecule has 0 aliphatic heterocycles. The number of benzene rings is 1. The number of rotatable bonds is 6. The average molecular weight is 414 g/mol. The highest BCUT2D eigenvalue weighted by Crippen LogP contribution is 2.34. The molecule has 4 aromatic rings. The van der Waals surface area contributed by atoms with Crippen molar-refractivity contribution in [3.8, 4) is 5.06 Å². The molecule has 0 spiro atoms. The molecule has 0 saturated carbocycles. The Morgan fingerprint density at radius 1 is 1.25 bits per heavy atom. The van der Waals surface area contributed by atoms with Crippen LogP contribution in [0.5, 0.6) is 5.06 Å². The second kappa shape index (κ2) is 8.28. The maximum absolute atomic E-state index is 12.1. The van der Waals surface area contributed by atoms with Gasteiger partial charge in [0.15, 0.2) is 0 Å². The fourth-order valence-electron chi connectivity index (χ4n) is 2.69. The third-order valence-corrected chi connectivity index (χ3v) is 5.02. The van der Waals surface area contributed by atoms with Gasteiger partial charge in [0.1, 0.15) is 17.8 Å². The zero-order valence-electron chi connectivity index (χ0n) is 14.6. The van der Waals surface area contributed by atoms with Gasteiger partial charge in [0.05, 0.1) is 11.1 Å². The van der Waals surface area contributed by atoms with Gasteiger partial charge in [-0.05, 0) is 41.6 Å². The molecule has 0 unspecified atom stereocenters. The molecule has 0 radical (unpaired) electrons. The number of fused-ring (bicyclic) bond motifs is 1. The van der Waals surface area contributed by atoms with Gasteiger partial charge in [-0.15, -0.1) is 11.3 Å². The second-order valence-corrected chi connectivity index (χ2v) is 7.22. The molecule has 28 heavy (non-hydrogen) atoms. The van der Waals surface area contributed by atoms with Gasteiger partial charge in [-0.25, -0.2) is 14.8 Å². The molecule has 142 valence electrons. The number of H-pyrrole nitrogens is 1. The van der Waals surface area contributed by atoms with E-state index in [1.54, 1.807) is 6.20 Å². The molecule has 0 fully saturated rings. The normalized spacial score (nSPS) is 10.8. The third kappa shape index (κ3) is 4.24. The Kier molecular flexibility index (Phi) is 5.41. The summed E-state index contributed by atoms with van der Waals surface area (Å²) in [6.45, 7) is 0.448. The van der Waals surface area contributed by atoms with E-state index in [9.17, 15) is 4.79 Å². The number of hydrogen-bond acceptors (Lipinski definition) is 6. The Bertz CT molecular complexity index is 1110. The summed E-state index contributed by atoms with van der Waals surface area (Å²) in [6.07, 6.45) is 3.42. The van der Waals surface area contributed by atoms with Gasteiger partial charge in [-0.2, -0.15) is 0 Å². The number of nitrogens with zero attached hydrogens (tertiary/aromatic N) is 2. The van der Waals surface area contributed by atoms with Crippen molar-refractivity contribution in [2.24, 2.45) is 0 Å². The van der Waals surface area contributed by atoms with Gasteiger partial charge in [-0.3, -0.25) is 0 Å². The van der Waals surface area contributed by atoms with Crippen LogP contribution in [-0.4, -0.2) is 27.6 Å². The lowest BCUT2D eigenvalue weighted by Crippen LogP contribution is -2.28. The van der Waals surface area contributed by atoms with Crippen molar-refractivity contribution in [3.63, 3.8) is 0 Å². The Morgan fingerprint density at radius 3 is 3.07 bits per heavy atom. The standard InChI is InChI=1S/C19H16ClN5O2S/c20-13-3-1-2-12(10-13)4-7-22-19(26)27-18-15(6-9-28-18)25-17-14-5-8-21-16(14)23-11-24-17/h1-3,5-6,8-11H,4,7H2,(H,22,26)(H2,21,23,24,25). The molecule has 0 bridgehead atoms. The maximum atomic E-state index is 12.1. The predicted octanol–water partition coefficient (Wildman–Crippen LogP) is 4.75. The highest BCUT2D eigenvalue weighted by molar-refractivity contribution is 7.12. The number of ether oxygens (including phenoxy) is 1. The van der Waals surface area contributed by atoms with Crippen LogP contribution < -0.4 is 15.4 Å². The fourth-order valence-corrected chi connectivity index (χ4v) is 3.60. The highest BCUT2D eigenvalue weighted by atomic mass is 35.5. The van der Waals surface area contributed by atoms with Gasteiger partial charge in [0.25, 0.3) is 0 Å². The van der Waals surface area contributed by atoms with Gasteiger partial charge < -0.3 is 20.4 Å². The van der Waals surface area contributed by atoms with Crippen LogP contribution in [0, 0.1) is 0 Å². The van der Waals surface area contributed by atoms with Crippen molar-refractivity contribution in [2.45, 2.75) is 6.42 Å². The van der Waals surface area contributed by atoms with E-state index in [2.05, 4.69) is 25.6 Å². The molecule has 3 N–H and O–H groups in total. The summed E-state index contributed by atoms with van der Waals surface area (Å²) in [6, 6.07) is 11.3. The number of carbonyl (C=O) groups is 1. The Hall–Kier alpha value is -3.10. The average Bonchev–Trinajstić information content (AvgIpc) is 3.32. The van der Waals surface area contributed by atoms with Crippen molar-refractivity contribution in [3.05, 3.63) is 64.9 Å². The van der Waals surface area contributed by atoms with E-state index in [1.807, 2.05) is 41.8 Å². The molecule has 3 aromatic heterocycles. The molecule has 3 heterocycles. The van der Waals surface area contributed by atoms with Crippen molar-refractivity contribution in [1.29, 1.82) is 0 Å². The molecule has 4 rings (SSSR count). The monoisotopic (exact) mass is 413 g/mol. The first kappa shape index (κ1) is 18.3.